The Morgan fingerprint density at radius 2 is 1.86 bits per heavy atom. The third kappa shape index (κ3) is 5.65. The van der Waals surface area contributed by atoms with E-state index >= 15 is 0 Å². The molecule has 7 atom stereocenters. The number of aliphatic hydroxyl groups is 5. The van der Waals surface area contributed by atoms with Crippen molar-refractivity contribution in [3.05, 3.63) is 57.7 Å². The van der Waals surface area contributed by atoms with Crippen LogP contribution in [-0.2, 0) is 16.2 Å². The van der Waals surface area contributed by atoms with E-state index in [1.165, 1.54) is 6.07 Å². The van der Waals surface area contributed by atoms with E-state index in [2.05, 4.69) is 11.2 Å². The van der Waals surface area contributed by atoms with Gasteiger partial charge in [0.1, 0.15) is 66.9 Å². The SMILES string of the molecule is Cc1cc(=O)c2cc3c(c([NH+]4C=C5C=CN=C5C4)c2o1)OC(C)(C1CCCCC1)C(OOCC(O)C(O)C(O)C(O)CO)C3. The van der Waals surface area contributed by atoms with Crippen LogP contribution in [0.4, 0.5) is 5.69 Å². The number of nitrogens with one attached hydrogen (secondary N) is 1. The van der Waals surface area contributed by atoms with E-state index in [0.29, 0.717) is 35.4 Å². The highest BCUT2D eigenvalue weighted by molar-refractivity contribution is 6.07. The number of aryl methyl sites for hydroxylation is 1. The Kier molecular flexibility index (Phi) is 8.79. The zero-order chi connectivity index (χ0) is 31.2. The van der Waals surface area contributed by atoms with Gasteiger partial charge in [-0.1, -0.05) is 19.3 Å². The topological polar surface area (TPSA) is 176 Å². The summed E-state index contributed by atoms with van der Waals surface area (Å²) < 4.78 is 13.2. The van der Waals surface area contributed by atoms with Gasteiger partial charge in [0.2, 0.25) is 11.3 Å². The fourth-order valence-corrected chi connectivity index (χ4v) is 6.93. The molecule has 0 amide bonds. The molecular weight excluding hydrogens is 572 g/mol. The van der Waals surface area contributed by atoms with Crippen molar-refractivity contribution in [2.45, 2.75) is 88.5 Å². The molecule has 0 spiro atoms. The van der Waals surface area contributed by atoms with Crippen LogP contribution >= 0.6 is 0 Å². The number of nitrogens with zero attached hydrogens (tertiary/aromatic N) is 1. The largest absolute Gasteiger partial charge is 0.478 e. The first kappa shape index (κ1) is 31.1. The molecule has 4 aliphatic rings. The molecule has 3 aliphatic heterocycles. The zero-order valence-corrected chi connectivity index (χ0v) is 24.9. The number of quaternary nitrogens is 1. The molecule has 1 fully saturated rings. The van der Waals surface area contributed by atoms with Crippen molar-refractivity contribution in [3.63, 3.8) is 0 Å². The van der Waals surface area contributed by atoms with Crippen molar-refractivity contribution in [2.75, 3.05) is 19.8 Å². The fourth-order valence-electron chi connectivity index (χ4n) is 6.93. The second kappa shape index (κ2) is 12.5. The molecule has 0 bridgehead atoms. The normalized spacial score (nSPS) is 27.7. The Labute approximate surface area is 254 Å². The van der Waals surface area contributed by atoms with E-state index < -0.39 is 49.3 Å². The van der Waals surface area contributed by atoms with Crippen molar-refractivity contribution in [2.24, 2.45) is 10.9 Å². The highest BCUT2D eigenvalue weighted by Gasteiger charge is 2.51. The lowest BCUT2D eigenvalue weighted by atomic mass is 9.72. The lowest BCUT2D eigenvalue weighted by Gasteiger charge is -2.47. The van der Waals surface area contributed by atoms with Crippen LogP contribution in [-0.4, -0.2) is 87.1 Å². The van der Waals surface area contributed by atoms with Gasteiger partial charge >= 0.3 is 0 Å². The summed E-state index contributed by atoms with van der Waals surface area (Å²) in [6.45, 7) is 3.05. The number of aliphatic hydroxyl groups excluding tert-OH is 5. The van der Waals surface area contributed by atoms with E-state index in [4.69, 9.17) is 24.0 Å². The van der Waals surface area contributed by atoms with Gasteiger partial charge in [0.25, 0.3) is 0 Å². The number of aliphatic imine (C=N–C) groups is 1. The molecule has 12 nitrogen and oxygen atoms in total. The predicted octanol–water partition coefficient (Wildman–Crippen LogP) is 0.510. The maximum atomic E-state index is 13.2. The summed E-state index contributed by atoms with van der Waals surface area (Å²) in [7, 11) is 0. The molecule has 4 heterocycles. The van der Waals surface area contributed by atoms with E-state index in [-0.39, 0.29) is 11.3 Å². The van der Waals surface area contributed by atoms with Crippen molar-refractivity contribution < 1.29 is 49.4 Å². The molecule has 1 saturated carbocycles. The van der Waals surface area contributed by atoms with Gasteiger partial charge in [-0.05, 0) is 38.8 Å². The summed E-state index contributed by atoms with van der Waals surface area (Å²) in [5, 5.41) is 49.7. The number of hydrogen-bond donors (Lipinski definition) is 6. The van der Waals surface area contributed by atoms with Crippen LogP contribution in [0.1, 0.15) is 50.4 Å². The average Bonchev–Trinajstić information content (AvgIpc) is 3.62. The Morgan fingerprint density at radius 3 is 2.59 bits per heavy atom. The Bertz CT molecular complexity index is 1540. The zero-order valence-electron chi connectivity index (χ0n) is 24.9. The predicted molar refractivity (Wildman–Crippen MR) is 159 cm³/mol. The molecule has 1 aromatic heterocycles. The molecule has 2 aromatic rings. The van der Waals surface area contributed by atoms with Gasteiger partial charge in [-0.25, -0.2) is 9.78 Å². The minimum Gasteiger partial charge on any atom is -0.478 e. The molecule has 0 radical (unpaired) electrons. The monoisotopic (exact) mass is 613 g/mol. The fraction of sp³-hybridized carbons (Fsp3) is 0.562. The van der Waals surface area contributed by atoms with Gasteiger partial charge in [-0.15, -0.1) is 0 Å². The Balaban J connectivity index is 1.35. The smallest absolute Gasteiger partial charge is 0.222 e. The van der Waals surface area contributed by atoms with Crippen molar-refractivity contribution in [1.82, 2.24) is 0 Å². The van der Waals surface area contributed by atoms with E-state index in [9.17, 15) is 25.2 Å². The number of fused-ring (bicyclic) bond motifs is 3. The number of rotatable bonds is 10. The molecular formula is C32H41N2O10+. The second-order valence-electron chi connectivity index (χ2n) is 12.5. The van der Waals surface area contributed by atoms with Crippen molar-refractivity contribution in [3.8, 4) is 5.75 Å². The van der Waals surface area contributed by atoms with Gasteiger partial charge in [-0.3, -0.25) is 14.7 Å². The average molecular weight is 614 g/mol. The lowest BCUT2D eigenvalue weighted by molar-refractivity contribution is -0.759. The summed E-state index contributed by atoms with van der Waals surface area (Å²) in [6.07, 6.45) is 3.83. The summed E-state index contributed by atoms with van der Waals surface area (Å²) in [4.78, 5) is 30.1. The molecule has 1 aromatic carbocycles. The number of ether oxygens (including phenoxy) is 1. The summed E-state index contributed by atoms with van der Waals surface area (Å²) in [5.41, 5.74) is 2.95. The number of allylic oxidation sites excluding steroid dienone is 1. The van der Waals surface area contributed by atoms with Crippen LogP contribution in [0.3, 0.4) is 0 Å². The molecule has 44 heavy (non-hydrogen) atoms. The molecule has 7 unspecified atom stereocenters. The molecule has 1 aliphatic carbocycles. The quantitative estimate of drug-likeness (QED) is 0.164. The highest BCUT2D eigenvalue weighted by atomic mass is 17.2. The Morgan fingerprint density at radius 1 is 1.11 bits per heavy atom. The van der Waals surface area contributed by atoms with Crippen molar-refractivity contribution >= 4 is 22.4 Å². The molecule has 12 heteroatoms. The van der Waals surface area contributed by atoms with Gasteiger partial charge in [0, 0.05) is 30.2 Å². The maximum Gasteiger partial charge on any atom is 0.222 e. The molecule has 6 rings (SSSR count). The third-order valence-electron chi connectivity index (χ3n) is 9.53. The van der Waals surface area contributed by atoms with E-state index in [1.807, 2.05) is 13.0 Å². The summed E-state index contributed by atoms with van der Waals surface area (Å²) in [6, 6.07) is 3.27. The first-order valence-electron chi connectivity index (χ1n) is 15.3. The number of hydrogen-bond acceptors (Lipinski definition) is 11. The maximum absolute atomic E-state index is 13.2. The van der Waals surface area contributed by atoms with Crippen LogP contribution < -0.4 is 15.1 Å². The Hall–Kier alpha value is -2.94. The van der Waals surface area contributed by atoms with Gasteiger partial charge < -0.3 is 34.7 Å². The van der Waals surface area contributed by atoms with Crippen molar-refractivity contribution in [1.29, 1.82) is 0 Å². The molecule has 6 N–H and O–H groups in total. The van der Waals surface area contributed by atoms with Crippen LogP contribution in [0.25, 0.3) is 11.0 Å². The first-order chi connectivity index (χ1) is 21.1. The van der Waals surface area contributed by atoms with Gasteiger partial charge in [0.15, 0.2) is 11.2 Å². The van der Waals surface area contributed by atoms with Crippen LogP contribution in [0.2, 0.25) is 0 Å². The van der Waals surface area contributed by atoms with Crippen LogP contribution in [0.15, 0.2) is 50.4 Å². The molecule has 238 valence electrons. The standard InChI is InChI=1S/C32H40N2O10/c1-17-10-23(36)21-11-19-12-26(44-41-16-25(38)29(40)28(39)24(37)15-35)32(2,20-6-4-3-5-7-20)43-30(19)27(31(21)42-17)34-13-18-8-9-33-22(18)14-34/h8-11,13,20,24-26,28-29,35,37-40H,3-7,12,14-16H2,1-2H3/p+1. The molecule has 0 saturated heterocycles. The minimum atomic E-state index is -1.78. The lowest BCUT2D eigenvalue weighted by Crippen LogP contribution is -3.01. The van der Waals surface area contributed by atoms with E-state index in [0.717, 1.165) is 59.5 Å². The second-order valence-corrected chi connectivity index (χ2v) is 12.5. The summed E-state index contributed by atoms with van der Waals surface area (Å²) >= 11 is 0. The summed E-state index contributed by atoms with van der Waals surface area (Å²) in [5.74, 6) is 1.28. The van der Waals surface area contributed by atoms with Gasteiger partial charge in [0.05, 0.1) is 17.6 Å². The van der Waals surface area contributed by atoms with Crippen LogP contribution in [0, 0.1) is 12.8 Å². The van der Waals surface area contributed by atoms with Gasteiger partial charge in [-0.2, -0.15) is 0 Å². The minimum absolute atomic E-state index is 0.127. The van der Waals surface area contributed by atoms with Crippen LogP contribution in [0.5, 0.6) is 5.75 Å². The first-order valence-corrected chi connectivity index (χ1v) is 15.3. The third-order valence-corrected chi connectivity index (χ3v) is 9.53. The van der Waals surface area contributed by atoms with E-state index in [1.54, 1.807) is 19.2 Å². The number of benzene rings is 1. The highest BCUT2D eigenvalue weighted by Crippen LogP contribution is 2.48.